The third-order valence-corrected chi connectivity index (χ3v) is 2.64. The van der Waals surface area contributed by atoms with E-state index in [1.54, 1.807) is 11.3 Å². The van der Waals surface area contributed by atoms with Crippen LogP contribution in [0.3, 0.4) is 0 Å². The molecule has 2 rings (SSSR count). The van der Waals surface area contributed by atoms with Crippen molar-refractivity contribution in [3.63, 3.8) is 0 Å². The number of rotatable bonds is 0. The minimum atomic E-state index is -0.472. The second kappa shape index (κ2) is 6.29. The van der Waals surface area contributed by atoms with Crippen LogP contribution >= 0.6 is 41.8 Å². The van der Waals surface area contributed by atoms with Gasteiger partial charge in [0.15, 0.2) is 0 Å². The molecule has 0 fully saturated rings. The maximum absolute atomic E-state index is 5.79. The van der Waals surface area contributed by atoms with E-state index in [-0.39, 0.29) is 0 Å². The Morgan fingerprint density at radius 3 is 2.64 bits per heavy atom. The Balaban J connectivity index is 0.000000293. The fourth-order valence-electron chi connectivity index (χ4n) is 1.02. The van der Waals surface area contributed by atoms with Gasteiger partial charge in [0, 0.05) is 5.02 Å². The number of aromatic nitrogens is 1. The number of fused-ring (bicyclic) bond motifs is 1. The van der Waals surface area contributed by atoms with Crippen LogP contribution in [0.5, 0.6) is 0 Å². The normalized spacial score (nSPS) is 10.0. The summed E-state index contributed by atoms with van der Waals surface area (Å²) in [7, 11) is 9.75. The Kier molecular flexibility index (Phi) is 5.73. The molecule has 0 bridgehead atoms. The Labute approximate surface area is 108 Å². The number of hydrogen-bond acceptors (Lipinski definition) is 2. The Morgan fingerprint density at radius 2 is 2.00 bits per heavy atom. The second-order valence-corrected chi connectivity index (χ2v) is 7.34. The van der Waals surface area contributed by atoms with Crippen LogP contribution in [0.2, 0.25) is 5.02 Å². The van der Waals surface area contributed by atoms with Crippen molar-refractivity contribution in [2.45, 2.75) is 6.92 Å². The van der Waals surface area contributed by atoms with Gasteiger partial charge in [-0.3, -0.25) is 0 Å². The zero-order chi connectivity index (χ0) is 10.6. The molecule has 0 spiro atoms. The van der Waals surface area contributed by atoms with Crippen LogP contribution in [-0.4, -0.2) is 4.98 Å². The summed E-state index contributed by atoms with van der Waals surface area (Å²) in [6.45, 7) is 2.00. The monoisotopic (exact) mass is 448 g/mol. The van der Waals surface area contributed by atoms with E-state index in [2.05, 4.69) is 4.98 Å². The molecule has 1 aromatic heterocycles. The Bertz CT molecular complexity index is 418. The molecule has 0 N–H and O–H groups in total. The third-order valence-electron chi connectivity index (χ3n) is 1.46. The number of benzene rings is 1. The number of nitrogens with zero attached hydrogens (tertiary/aromatic N) is 1. The Morgan fingerprint density at radius 1 is 1.36 bits per heavy atom. The summed E-state index contributed by atoms with van der Waals surface area (Å²) in [6.07, 6.45) is 0. The zero-order valence-electron chi connectivity index (χ0n) is 7.04. The van der Waals surface area contributed by atoms with Crippen molar-refractivity contribution in [3.05, 3.63) is 28.2 Å². The topological polar surface area (TPSA) is 12.9 Å². The van der Waals surface area contributed by atoms with Crippen molar-refractivity contribution in [1.82, 2.24) is 4.98 Å². The molecule has 1 heterocycles. The van der Waals surface area contributed by atoms with E-state index in [0.29, 0.717) is 0 Å². The molecule has 0 radical (unpaired) electrons. The molecule has 0 saturated heterocycles. The first-order valence-electron chi connectivity index (χ1n) is 3.52. The molecule has 0 aliphatic carbocycles. The van der Waals surface area contributed by atoms with E-state index in [1.807, 2.05) is 25.1 Å². The summed E-state index contributed by atoms with van der Waals surface area (Å²) in [5, 5.41) is 1.84. The van der Waals surface area contributed by atoms with Crippen LogP contribution in [0.15, 0.2) is 18.2 Å². The summed E-state index contributed by atoms with van der Waals surface area (Å²) in [6, 6.07) is 5.78. The van der Waals surface area contributed by atoms with Crippen LogP contribution < -0.4 is 0 Å². The average molecular weight is 450 g/mol. The molecule has 14 heavy (non-hydrogen) atoms. The molecule has 0 unspecified atom stereocenters. The van der Waals surface area contributed by atoms with Crippen molar-refractivity contribution in [2.24, 2.45) is 0 Å². The number of aryl methyl sites for hydroxylation is 1. The van der Waals surface area contributed by atoms with Gasteiger partial charge in [-0.25, -0.2) is 4.98 Å². The van der Waals surface area contributed by atoms with Crippen LogP contribution in [0.1, 0.15) is 5.01 Å². The first-order chi connectivity index (χ1) is 6.67. The standard InChI is InChI=1S/C8H6ClNS.2ClH.Pt/c1-5-10-7-4-6(9)2-3-8(7)11-5;;;/h2-4H,1H3;2*1H;/q;;;+2/p-2. The molecule has 1 aromatic carbocycles. The van der Waals surface area contributed by atoms with Gasteiger partial charge in [-0.1, -0.05) is 11.6 Å². The molecule has 1 nitrogen and oxygen atoms in total. The fraction of sp³-hybridized carbons (Fsp3) is 0.125. The third kappa shape index (κ3) is 3.67. The predicted molar refractivity (Wildman–Crippen MR) is 61.1 cm³/mol. The van der Waals surface area contributed by atoms with E-state index in [4.69, 9.17) is 30.4 Å². The van der Waals surface area contributed by atoms with Gasteiger partial charge in [0.25, 0.3) is 0 Å². The summed E-state index contributed by atoms with van der Waals surface area (Å²) in [4.78, 5) is 4.31. The van der Waals surface area contributed by atoms with Crippen molar-refractivity contribution in [1.29, 1.82) is 0 Å². The van der Waals surface area contributed by atoms with E-state index in [9.17, 15) is 0 Å². The first kappa shape index (κ1) is 12.7. The molecule has 0 atom stereocenters. The predicted octanol–water partition coefficient (Wildman–Crippen LogP) is 4.63. The van der Waals surface area contributed by atoms with E-state index in [0.717, 1.165) is 15.5 Å². The number of thiazole rings is 1. The second-order valence-electron chi connectivity index (χ2n) is 2.39. The summed E-state index contributed by atoms with van der Waals surface area (Å²) in [5.41, 5.74) is 1.00. The van der Waals surface area contributed by atoms with Crippen molar-refractivity contribution in [2.75, 3.05) is 0 Å². The van der Waals surface area contributed by atoms with Gasteiger partial charge in [-0.2, -0.15) is 0 Å². The summed E-state index contributed by atoms with van der Waals surface area (Å²) >= 11 is 7.01. The molecule has 80 valence electrons. The van der Waals surface area contributed by atoms with E-state index in [1.165, 1.54) is 4.70 Å². The van der Waals surface area contributed by atoms with Gasteiger partial charge < -0.3 is 0 Å². The number of halogens is 3. The van der Waals surface area contributed by atoms with Gasteiger partial charge in [0.05, 0.1) is 15.2 Å². The van der Waals surface area contributed by atoms with Crippen molar-refractivity contribution in [3.8, 4) is 0 Å². The van der Waals surface area contributed by atoms with Crippen molar-refractivity contribution >= 4 is 52.0 Å². The molecule has 2 aromatic rings. The molecule has 0 aliphatic heterocycles. The van der Waals surface area contributed by atoms with Crippen molar-refractivity contribution < 1.29 is 16.5 Å². The van der Waals surface area contributed by atoms with Crippen LogP contribution in [0.25, 0.3) is 10.2 Å². The fourth-order valence-corrected chi connectivity index (χ4v) is 1.99. The van der Waals surface area contributed by atoms with Crippen LogP contribution in [0, 0.1) is 6.92 Å². The molecule has 6 heteroatoms. The quantitative estimate of drug-likeness (QED) is 0.571. The SMILES string of the molecule is Cc1nc2cc(Cl)ccc2s1.[Cl][Pt][Cl]. The van der Waals surface area contributed by atoms with Crippen LogP contribution in [0.4, 0.5) is 0 Å². The summed E-state index contributed by atoms with van der Waals surface area (Å²) < 4.78 is 1.20. The maximum atomic E-state index is 5.79. The molecule has 0 amide bonds. The van der Waals surface area contributed by atoms with Crippen LogP contribution in [-0.2, 0) is 16.5 Å². The minimum absolute atomic E-state index is 0.472. The average Bonchev–Trinajstić information content (AvgIpc) is 2.45. The van der Waals surface area contributed by atoms with Gasteiger partial charge in [-0.05, 0) is 25.1 Å². The molecular formula is C8H6Cl3NPtS. The van der Waals surface area contributed by atoms with E-state index < -0.39 is 16.5 Å². The number of hydrogen-bond donors (Lipinski definition) is 0. The van der Waals surface area contributed by atoms with Gasteiger partial charge in [0.1, 0.15) is 0 Å². The van der Waals surface area contributed by atoms with Gasteiger partial charge in [0.2, 0.25) is 0 Å². The Hall–Kier alpha value is 0.668. The summed E-state index contributed by atoms with van der Waals surface area (Å²) in [5.74, 6) is 0. The van der Waals surface area contributed by atoms with E-state index >= 15 is 0 Å². The van der Waals surface area contributed by atoms with Gasteiger partial charge in [-0.15, -0.1) is 11.3 Å². The zero-order valence-corrected chi connectivity index (χ0v) is 12.4. The molecule has 0 aliphatic rings. The first-order valence-corrected chi connectivity index (χ1v) is 10.3. The van der Waals surface area contributed by atoms with Gasteiger partial charge >= 0.3 is 35.3 Å². The molecular weight excluding hydrogens is 444 g/mol. The molecule has 0 saturated carbocycles.